The number of rotatable bonds is 5. The maximum Gasteiger partial charge on any atom is 0.227 e. The lowest BCUT2D eigenvalue weighted by Gasteiger charge is -2.36. The van der Waals surface area contributed by atoms with Gasteiger partial charge in [-0.1, -0.05) is 19.3 Å². The highest BCUT2D eigenvalue weighted by atomic mass is 35.5. The van der Waals surface area contributed by atoms with Crippen LogP contribution in [0.4, 0.5) is 10.1 Å². The molecule has 0 saturated heterocycles. The zero-order chi connectivity index (χ0) is 16.2. The molecule has 1 aromatic rings. The van der Waals surface area contributed by atoms with E-state index in [1.165, 1.54) is 30.6 Å². The van der Waals surface area contributed by atoms with Crippen molar-refractivity contribution < 1.29 is 13.9 Å². The molecule has 1 aliphatic carbocycles. The molecule has 0 radical (unpaired) electrons. The van der Waals surface area contributed by atoms with E-state index in [0.29, 0.717) is 18.7 Å². The Balaban J connectivity index is 0.00000264. The van der Waals surface area contributed by atoms with E-state index in [0.717, 1.165) is 25.7 Å². The molecule has 0 bridgehead atoms. The van der Waals surface area contributed by atoms with Gasteiger partial charge in [0.25, 0.3) is 0 Å². The first-order valence-electron chi connectivity index (χ1n) is 7.81. The van der Waals surface area contributed by atoms with Crippen LogP contribution in [-0.2, 0) is 4.79 Å². The highest BCUT2D eigenvalue weighted by molar-refractivity contribution is 5.93. The standard InChI is InChI=1S/C17H25FN2O2.ClH/c1-20(13-6-7-15(22-2)14(18)10-13)16(21)11-17(12-19)8-4-3-5-9-17;/h6-7,10H,3-5,8-9,11-12,19H2,1-2H3;1H. The van der Waals surface area contributed by atoms with Crippen LogP contribution in [0.3, 0.4) is 0 Å². The SMILES string of the molecule is COc1ccc(N(C)C(=O)CC2(CN)CCCCC2)cc1F.Cl. The average molecular weight is 345 g/mol. The molecule has 0 aromatic heterocycles. The summed E-state index contributed by atoms with van der Waals surface area (Å²) in [5.41, 5.74) is 6.39. The summed E-state index contributed by atoms with van der Waals surface area (Å²) in [6.07, 6.45) is 5.90. The van der Waals surface area contributed by atoms with Crippen molar-refractivity contribution in [3.05, 3.63) is 24.0 Å². The molecule has 23 heavy (non-hydrogen) atoms. The van der Waals surface area contributed by atoms with E-state index in [1.54, 1.807) is 13.1 Å². The van der Waals surface area contributed by atoms with Gasteiger partial charge in [0.15, 0.2) is 11.6 Å². The molecule has 1 fully saturated rings. The van der Waals surface area contributed by atoms with Crippen molar-refractivity contribution in [3.8, 4) is 5.75 Å². The number of nitrogens with zero attached hydrogens (tertiary/aromatic N) is 1. The van der Waals surface area contributed by atoms with Crippen molar-refractivity contribution in [2.45, 2.75) is 38.5 Å². The maximum absolute atomic E-state index is 13.8. The molecule has 4 nitrogen and oxygen atoms in total. The molecule has 0 unspecified atom stereocenters. The number of methoxy groups -OCH3 is 1. The predicted molar refractivity (Wildman–Crippen MR) is 92.8 cm³/mol. The lowest BCUT2D eigenvalue weighted by atomic mass is 9.71. The fourth-order valence-corrected chi connectivity index (χ4v) is 3.20. The van der Waals surface area contributed by atoms with Gasteiger partial charge in [-0.2, -0.15) is 0 Å². The van der Waals surface area contributed by atoms with E-state index < -0.39 is 5.82 Å². The van der Waals surface area contributed by atoms with Gasteiger partial charge in [0, 0.05) is 25.2 Å². The van der Waals surface area contributed by atoms with Crippen molar-refractivity contribution in [3.63, 3.8) is 0 Å². The van der Waals surface area contributed by atoms with Crippen LogP contribution in [-0.4, -0.2) is 26.6 Å². The van der Waals surface area contributed by atoms with E-state index >= 15 is 0 Å². The summed E-state index contributed by atoms with van der Waals surface area (Å²) in [5, 5.41) is 0. The van der Waals surface area contributed by atoms with Gasteiger partial charge in [-0.25, -0.2) is 4.39 Å². The molecule has 1 saturated carbocycles. The summed E-state index contributed by atoms with van der Waals surface area (Å²) in [6.45, 7) is 0.531. The molecule has 1 aliphatic rings. The predicted octanol–water partition coefficient (Wildman–Crippen LogP) is 3.52. The number of benzene rings is 1. The Kier molecular flexibility index (Phi) is 7.29. The van der Waals surface area contributed by atoms with E-state index in [4.69, 9.17) is 10.5 Å². The minimum atomic E-state index is -0.467. The first-order valence-corrected chi connectivity index (χ1v) is 7.81. The molecular formula is C17H26ClFN2O2. The lowest BCUT2D eigenvalue weighted by molar-refractivity contribution is -0.121. The fourth-order valence-electron chi connectivity index (χ4n) is 3.20. The molecule has 0 spiro atoms. The Labute approximate surface area is 143 Å². The number of carbonyl (C=O) groups is 1. The molecule has 0 heterocycles. The van der Waals surface area contributed by atoms with Gasteiger partial charge in [-0.3, -0.25) is 4.79 Å². The largest absolute Gasteiger partial charge is 0.494 e. The number of anilines is 1. The van der Waals surface area contributed by atoms with Crippen molar-refractivity contribution >= 4 is 24.0 Å². The minimum absolute atomic E-state index is 0. The van der Waals surface area contributed by atoms with Crippen molar-refractivity contribution in [2.24, 2.45) is 11.1 Å². The Morgan fingerprint density at radius 1 is 1.35 bits per heavy atom. The molecule has 130 valence electrons. The molecule has 1 amide bonds. The smallest absolute Gasteiger partial charge is 0.227 e. The Hall–Kier alpha value is -1.33. The molecule has 2 N–H and O–H groups in total. The zero-order valence-corrected chi connectivity index (χ0v) is 14.6. The first kappa shape index (κ1) is 19.7. The van der Waals surface area contributed by atoms with Gasteiger partial charge in [-0.15, -0.1) is 12.4 Å². The van der Waals surface area contributed by atoms with Crippen LogP contribution >= 0.6 is 12.4 Å². The number of ether oxygens (including phenoxy) is 1. The highest BCUT2D eigenvalue weighted by Crippen LogP contribution is 2.39. The van der Waals surface area contributed by atoms with E-state index in [-0.39, 0.29) is 29.5 Å². The van der Waals surface area contributed by atoms with Gasteiger partial charge in [0.2, 0.25) is 5.91 Å². The van der Waals surface area contributed by atoms with Crippen molar-refractivity contribution in [1.29, 1.82) is 0 Å². The molecule has 6 heteroatoms. The Morgan fingerprint density at radius 3 is 2.52 bits per heavy atom. The first-order chi connectivity index (χ1) is 10.5. The van der Waals surface area contributed by atoms with Crippen LogP contribution in [0, 0.1) is 11.2 Å². The van der Waals surface area contributed by atoms with Crippen molar-refractivity contribution in [1.82, 2.24) is 0 Å². The quantitative estimate of drug-likeness (QED) is 0.889. The number of nitrogens with two attached hydrogens (primary N) is 1. The third-order valence-electron chi connectivity index (χ3n) is 4.77. The van der Waals surface area contributed by atoms with Gasteiger partial charge < -0.3 is 15.4 Å². The Morgan fingerprint density at radius 2 is 2.00 bits per heavy atom. The summed E-state index contributed by atoms with van der Waals surface area (Å²) < 4.78 is 18.7. The van der Waals surface area contributed by atoms with E-state index in [2.05, 4.69) is 0 Å². The van der Waals surface area contributed by atoms with E-state index in [1.807, 2.05) is 0 Å². The monoisotopic (exact) mass is 344 g/mol. The zero-order valence-electron chi connectivity index (χ0n) is 13.8. The summed E-state index contributed by atoms with van der Waals surface area (Å²) in [4.78, 5) is 14.1. The highest BCUT2D eigenvalue weighted by Gasteiger charge is 2.34. The molecular weight excluding hydrogens is 319 g/mol. The van der Waals surface area contributed by atoms with Gasteiger partial charge >= 0.3 is 0 Å². The summed E-state index contributed by atoms with van der Waals surface area (Å²) >= 11 is 0. The molecule has 0 atom stereocenters. The number of halogens is 2. The maximum atomic E-state index is 13.8. The van der Waals surface area contributed by atoms with Gasteiger partial charge in [0.1, 0.15) is 0 Å². The molecule has 0 aliphatic heterocycles. The third-order valence-corrected chi connectivity index (χ3v) is 4.77. The second kappa shape index (κ2) is 8.50. The fraction of sp³-hybridized carbons (Fsp3) is 0.588. The lowest BCUT2D eigenvalue weighted by Crippen LogP contribution is -2.39. The normalized spacial score (nSPS) is 16.3. The Bertz CT molecular complexity index is 533. The summed E-state index contributed by atoms with van der Waals surface area (Å²) in [5.74, 6) is -0.307. The topological polar surface area (TPSA) is 55.6 Å². The number of amides is 1. The number of carbonyl (C=O) groups excluding carboxylic acids is 1. The van der Waals surface area contributed by atoms with Crippen LogP contribution < -0.4 is 15.4 Å². The van der Waals surface area contributed by atoms with Crippen LogP contribution in [0.15, 0.2) is 18.2 Å². The van der Waals surface area contributed by atoms with Crippen LogP contribution in [0.2, 0.25) is 0 Å². The van der Waals surface area contributed by atoms with E-state index in [9.17, 15) is 9.18 Å². The average Bonchev–Trinajstić information content (AvgIpc) is 2.54. The minimum Gasteiger partial charge on any atom is -0.494 e. The number of hydrogen-bond donors (Lipinski definition) is 1. The van der Waals surface area contributed by atoms with Gasteiger partial charge in [0.05, 0.1) is 7.11 Å². The number of hydrogen-bond acceptors (Lipinski definition) is 3. The third kappa shape index (κ3) is 4.58. The van der Waals surface area contributed by atoms with Crippen LogP contribution in [0.5, 0.6) is 5.75 Å². The van der Waals surface area contributed by atoms with Crippen LogP contribution in [0.1, 0.15) is 38.5 Å². The molecule has 2 rings (SSSR count). The molecule has 1 aromatic carbocycles. The van der Waals surface area contributed by atoms with Gasteiger partial charge in [-0.05, 0) is 36.9 Å². The van der Waals surface area contributed by atoms with Crippen LogP contribution in [0.25, 0.3) is 0 Å². The second-order valence-electron chi connectivity index (χ2n) is 6.21. The second-order valence-corrected chi connectivity index (χ2v) is 6.21. The summed E-state index contributed by atoms with van der Waals surface area (Å²) in [7, 11) is 3.09. The van der Waals surface area contributed by atoms with Crippen molar-refractivity contribution in [2.75, 3.05) is 25.6 Å². The summed E-state index contributed by atoms with van der Waals surface area (Å²) in [6, 6.07) is 4.55.